The molecule has 6 nitrogen and oxygen atoms in total. The third-order valence-electron chi connectivity index (χ3n) is 4.67. The van der Waals surface area contributed by atoms with Crippen LogP contribution in [0.3, 0.4) is 0 Å². The summed E-state index contributed by atoms with van der Waals surface area (Å²) in [6.45, 7) is 3.34. The number of methoxy groups -OCH3 is 1. The maximum Gasteiger partial charge on any atom is 0.173 e. The van der Waals surface area contributed by atoms with Gasteiger partial charge < -0.3 is 15.0 Å². The van der Waals surface area contributed by atoms with Crippen molar-refractivity contribution in [2.75, 3.05) is 50.1 Å². The van der Waals surface area contributed by atoms with E-state index in [1.807, 2.05) is 24.3 Å². The van der Waals surface area contributed by atoms with E-state index in [1.54, 1.807) is 7.11 Å². The molecular weight excluding hydrogens is 346 g/mol. The molecule has 0 radical (unpaired) electrons. The van der Waals surface area contributed by atoms with Crippen LogP contribution < -0.4 is 10.1 Å². The van der Waals surface area contributed by atoms with Gasteiger partial charge in [-0.15, -0.1) is 0 Å². The van der Waals surface area contributed by atoms with Crippen LogP contribution in [0.5, 0.6) is 5.75 Å². The van der Waals surface area contributed by atoms with E-state index < -0.39 is 9.84 Å². The van der Waals surface area contributed by atoms with E-state index in [1.165, 1.54) is 0 Å². The average molecular weight is 370 g/mol. The first kappa shape index (κ1) is 17.4. The largest absolute Gasteiger partial charge is 0.497 e. The van der Waals surface area contributed by atoms with Crippen molar-refractivity contribution in [3.63, 3.8) is 0 Å². The van der Waals surface area contributed by atoms with Crippen molar-refractivity contribution in [1.29, 1.82) is 0 Å². The van der Waals surface area contributed by atoms with Crippen molar-refractivity contribution in [2.45, 2.75) is 12.5 Å². The number of benzene rings is 1. The lowest BCUT2D eigenvalue weighted by atomic mass is 10.2. The Kier molecular flexibility index (Phi) is 5.27. The van der Waals surface area contributed by atoms with Crippen LogP contribution in [0.4, 0.5) is 5.69 Å². The summed E-state index contributed by atoms with van der Waals surface area (Å²) in [6, 6.07) is 7.84. The van der Waals surface area contributed by atoms with Crippen LogP contribution in [0.15, 0.2) is 24.3 Å². The first-order valence-corrected chi connectivity index (χ1v) is 10.3. The van der Waals surface area contributed by atoms with E-state index >= 15 is 0 Å². The highest BCUT2D eigenvalue weighted by atomic mass is 32.2. The molecule has 2 saturated heterocycles. The number of piperazine rings is 1. The van der Waals surface area contributed by atoms with Gasteiger partial charge in [0, 0.05) is 37.9 Å². The molecule has 0 aliphatic carbocycles. The third-order valence-corrected chi connectivity index (χ3v) is 6.78. The molecular formula is C16H23N3O3S2. The fourth-order valence-electron chi connectivity index (χ4n) is 3.23. The molecule has 132 valence electrons. The number of nitrogens with one attached hydrogen (secondary N) is 1. The lowest BCUT2D eigenvalue weighted by Gasteiger charge is -2.38. The highest BCUT2D eigenvalue weighted by Crippen LogP contribution is 2.20. The number of rotatable bonds is 3. The lowest BCUT2D eigenvalue weighted by molar-refractivity contribution is 0.144. The zero-order valence-electron chi connectivity index (χ0n) is 13.8. The minimum atomic E-state index is -2.82. The number of hydrogen-bond acceptors (Lipinski definition) is 5. The monoisotopic (exact) mass is 369 g/mol. The molecule has 0 saturated carbocycles. The van der Waals surface area contributed by atoms with Gasteiger partial charge in [-0.05, 0) is 42.9 Å². The normalized spacial score (nSPS) is 23.9. The van der Waals surface area contributed by atoms with E-state index in [9.17, 15) is 8.42 Å². The van der Waals surface area contributed by atoms with Crippen LogP contribution in [0.1, 0.15) is 6.42 Å². The van der Waals surface area contributed by atoms with Gasteiger partial charge in [-0.1, -0.05) is 0 Å². The average Bonchev–Trinajstić information content (AvgIpc) is 2.95. The van der Waals surface area contributed by atoms with Gasteiger partial charge in [0.15, 0.2) is 14.9 Å². The smallest absolute Gasteiger partial charge is 0.173 e. The minimum absolute atomic E-state index is 0.181. The SMILES string of the molecule is COc1ccc(NC(=S)N2CCN([C@H]3CCS(=O)(=O)C3)CC2)cc1. The number of nitrogens with zero attached hydrogens (tertiary/aromatic N) is 2. The fourth-order valence-corrected chi connectivity index (χ4v) is 5.29. The van der Waals surface area contributed by atoms with Gasteiger partial charge in [0.05, 0.1) is 18.6 Å². The number of hydrogen-bond donors (Lipinski definition) is 1. The van der Waals surface area contributed by atoms with Crippen LogP contribution in [0, 0.1) is 0 Å². The second kappa shape index (κ2) is 7.25. The Morgan fingerprint density at radius 1 is 1.21 bits per heavy atom. The summed E-state index contributed by atoms with van der Waals surface area (Å²) in [7, 11) is -1.18. The summed E-state index contributed by atoms with van der Waals surface area (Å²) in [5.41, 5.74) is 0.935. The number of ether oxygens (including phenoxy) is 1. The van der Waals surface area contributed by atoms with Crippen molar-refractivity contribution in [1.82, 2.24) is 9.80 Å². The molecule has 1 aromatic rings. The van der Waals surface area contributed by atoms with Crippen molar-refractivity contribution >= 4 is 32.9 Å². The van der Waals surface area contributed by atoms with Crippen molar-refractivity contribution in [2.24, 2.45) is 0 Å². The molecule has 2 aliphatic rings. The van der Waals surface area contributed by atoms with Gasteiger partial charge in [0.1, 0.15) is 5.75 Å². The quantitative estimate of drug-likeness (QED) is 0.803. The molecule has 2 heterocycles. The Hall–Kier alpha value is -1.38. The van der Waals surface area contributed by atoms with Crippen molar-refractivity contribution < 1.29 is 13.2 Å². The zero-order chi connectivity index (χ0) is 17.2. The predicted octanol–water partition coefficient (Wildman–Crippen LogP) is 1.20. The summed E-state index contributed by atoms with van der Waals surface area (Å²) < 4.78 is 28.4. The summed E-state index contributed by atoms with van der Waals surface area (Å²) >= 11 is 5.50. The summed E-state index contributed by atoms with van der Waals surface area (Å²) in [5, 5.41) is 3.96. The molecule has 1 N–H and O–H groups in total. The molecule has 2 aliphatic heterocycles. The Balaban J connectivity index is 1.49. The van der Waals surface area contributed by atoms with Gasteiger partial charge in [-0.25, -0.2) is 8.42 Å². The van der Waals surface area contributed by atoms with E-state index in [4.69, 9.17) is 17.0 Å². The third kappa shape index (κ3) is 4.17. The molecule has 3 rings (SSSR count). The lowest BCUT2D eigenvalue weighted by Crippen LogP contribution is -2.53. The maximum atomic E-state index is 11.6. The molecule has 0 unspecified atom stereocenters. The second-order valence-corrected chi connectivity index (χ2v) is 8.85. The van der Waals surface area contributed by atoms with Gasteiger partial charge in [-0.3, -0.25) is 4.90 Å². The topological polar surface area (TPSA) is 61.9 Å². The summed E-state index contributed by atoms with van der Waals surface area (Å²) in [4.78, 5) is 4.43. The Morgan fingerprint density at radius 3 is 2.42 bits per heavy atom. The molecule has 24 heavy (non-hydrogen) atoms. The highest BCUT2D eigenvalue weighted by Gasteiger charge is 2.33. The molecule has 1 atom stereocenters. The van der Waals surface area contributed by atoms with Gasteiger partial charge in [-0.2, -0.15) is 0 Å². The van der Waals surface area contributed by atoms with Crippen molar-refractivity contribution in [3.8, 4) is 5.75 Å². The van der Waals surface area contributed by atoms with Gasteiger partial charge in [0.2, 0.25) is 0 Å². The first-order chi connectivity index (χ1) is 11.5. The Labute approximate surface area is 148 Å². The Bertz CT molecular complexity index is 683. The molecule has 1 aromatic carbocycles. The highest BCUT2D eigenvalue weighted by molar-refractivity contribution is 7.91. The van der Waals surface area contributed by atoms with Gasteiger partial charge >= 0.3 is 0 Å². The van der Waals surface area contributed by atoms with E-state index in [0.717, 1.165) is 44.0 Å². The predicted molar refractivity (Wildman–Crippen MR) is 99.4 cm³/mol. The molecule has 0 bridgehead atoms. The summed E-state index contributed by atoms with van der Waals surface area (Å²) in [6.07, 6.45) is 0.761. The number of sulfone groups is 1. The minimum Gasteiger partial charge on any atom is -0.497 e. The molecule has 0 spiro atoms. The zero-order valence-corrected chi connectivity index (χ0v) is 15.4. The van der Waals surface area contributed by atoms with Crippen LogP contribution >= 0.6 is 12.2 Å². The van der Waals surface area contributed by atoms with Crippen LogP contribution in [0.2, 0.25) is 0 Å². The van der Waals surface area contributed by atoms with Crippen LogP contribution in [-0.4, -0.2) is 74.2 Å². The van der Waals surface area contributed by atoms with E-state index in [2.05, 4.69) is 15.1 Å². The van der Waals surface area contributed by atoms with Crippen molar-refractivity contribution in [3.05, 3.63) is 24.3 Å². The maximum absolute atomic E-state index is 11.6. The van der Waals surface area contributed by atoms with Crippen LogP contribution in [-0.2, 0) is 9.84 Å². The molecule has 8 heteroatoms. The first-order valence-electron chi connectivity index (χ1n) is 8.11. The fraction of sp³-hybridized carbons (Fsp3) is 0.562. The number of anilines is 1. The van der Waals surface area contributed by atoms with Gasteiger partial charge in [0.25, 0.3) is 0 Å². The van der Waals surface area contributed by atoms with E-state index in [0.29, 0.717) is 16.6 Å². The second-order valence-electron chi connectivity index (χ2n) is 6.24. The molecule has 0 amide bonds. The molecule has 0 aromatic heterocycles. The number of thiocarbonyl (C=S) groups is 1. The summed E-state index contributed by atoms with van der Waals surface area (Å²) in [5.74, 6) is 1.45. The standard InChI is InChI=1S/C16H23N3O3S2/c1-22-15-4-2-13(3-5-15)17-16(23)19-9-7-18(8-10-19)14-6-11-24(20,21)12-14/h2-5,14H,6-12H2,1H3,(H,17,23)/t14-/m0/s1. The van der Waals surface area contributed by atoms with E-state index in [-0.39, 0.29) is 6.04 Å². The van der Waals surface area contributed by atoms with Crippen LogP contribution in [0.25, 0.3) is 0 Å². The molecule has 2 fully saturated rings. The Morgan fingerprint density at radius 2 is 1.88 bits per heavy atom.